The number of nitrogens with two attached hydrogens (primary N) is 3. The van der Waals surface area contributed by atoms with E-state index in [-0.39, 0.29) is 31.3 Å². The normalized spacial score (nSPS) is 16.3. The van der Waals surface area contributed by atoms with Gasteiger partial charge in [0.25, 0.3) is 0 Å². The number of carbonyl (C=O) groups is 4. The number of guanidine groups is 1. The van der Waals surface area contributed by atoms with Crippen LogP contribution in [0.1, 0.15) is 40.0 Å². The van der Waals surface area contributed by atoms with Crippen LogP contribution >= 0.6 is 0 Å². The molecule has 14 nitrogen and oxygen atoms in total. The number of hydrogen-bond acceptors (Lipinski definition) is 8. The topological polar surface area (TPSA) is 255 Å². The Hall–Kier alpha value is -2.97. The zero-order valence-electron chi connectivity index (χ0n) is 19.2. The third-order valence-corrected chi connectivity index (χ3v) is 5.00. The second-order valence-corrected chi connectivity index (χ2v) is 7.73. The maximum atomic E-state index is 12.8. The highest BCUT2D eigenvalue weighted by atomic mass is 16.4. The molecule has 0 aliphatic heterocycles. The van der Waals surface area contributed by atoms with Crippen molar-refractivity contribution in [2.24, 2.45) is 28.1 Å². The van der Waals surface area contributed by atoms with Crippen molar-refractivity contribution in [2.75, 3.05) is 13.2 Å². The number of rotatable bonds is 15. The average molecular weight is 476 g/mol. The van der Waals surface area contributed by atoms with Crippen LogP contribution in [0, 0.1) is 5.92 Å². The first-order valence-corrected chi connectivity index (χ1v) is 10.6. The van der Waals surface area contributed by atoms with Crippen LogP contribution in [0.3, 0.4) is 0 Å². The van der Waals surface area contributed by atoms with Crippen molar-refractivity contribution in [2.45, 2.75) is 70.3 Å². The Morgan fingerprint density at radius 1 is 0.970 bits per heavy atom. The first-order valence-electron chi connectivity index (χ1n) is 10.6. The lowest BCUT2D eigenvalue weighted by Crippen LogP contribution is -2.60. The molecule has 6 atom stereocenters. The van der Waals surface area contributed by atoms with E-state index in [1.54, 1.807) is 6.92 Å². The van der Waals surface area contributed by atoms with Crippen LogP contribution in [0.4, 0.5) is 0 Å². The van der Waals surface area contributed by atoms with Crippen molar-refractivity contribution < 1.29 is 34.5 Å². The van der Waals surface area contributed by atoms with Gasteiger partial charge in [0.2, 0.25) is 17.7 Å². The standard InChI is InChI=1S/C19H37N7O7/c1-4-9(2)13(20)16(30)26-14(10(3)28)17(31)24-11(6-5-7-23-19(21)22)15(29)25-12(8-27)18(32)33/h9-14,27-28H,4-8,20H2,1-3H3,(H,24,31)(H,25,29)(H,26,30)(H,32,33)(H4,21,22,23). The fourth-order valence-corrected chi connectivity index (χ4v) is 2.66. The Morgan fingerprint density at radius 2 is 1.55 bits per heavy atom. The molecular weight excluding hydrogens is 438 g/mol. The van der Waals surface area contributed by atoms with Crippen LogP contribution in [0.15, 0.2) is 4.99 Å². The van der Waals surface area contributed by atoms with Gasteiger partial charge < -0.3 is 48.5 Å². The molecular formula is C19H37N7O7. The van der Waals surface area contributed by atoms with Crippen molar-refractivity contribution in [1.82, 2.24) is 16.0 Å². The van der Waals surface area contributed by atoms with Gasteiger partial charge in [-0.05, 0) is 25.7 Å². The molecule has 0 aromatic carbocycles. The number of aliphatic carboxylic acids is 1. The van der Waals surface area contributed by atoms with Gasteiger partial charge in [0.1, 0.15) is 18.1 Å². The summed E-state index contributed by atoms with van der Waals surface area (Å²) in [5.74, 6) is -4.23. The summed E-state index contributed by atoms with van der Waals surface area (Å²) < 4.78 is 0. The van der Waals surface area contributed by atoms with Gasteiger partial charge in [-0.3, -0.25) is 19.4 Å². The minimum Gasteiger partial charge on any atom is -0.480 e. The van der Waals surface area contributed by atoms with Gasteiger partial charge in [0, 0.05) is 6.54 Å². The van der Waals surface area contributed by atoms with E-state index in [2.05, 4.69) is 20.9 Å². The fourth-order valence-electron chi connectivity index (χ4n) is 2.66. The summed E-state index contributed by atoms with van der Waals surface area (Å²) in [5, 5.41) is 35.1. The molecule has 0 bridgehead atoms. The lowest BCUT2D eigenvalue weighted by Gasteiger charge is -2.27. The highest BCUT2D eigenvalue weighted by Crippen LogP contribution is 2.07. The van der Waals surface area contributed by atoms with E-state index in [0.29, 0.717) is 6.42 Å². The van der Waals surface area contributed by atoms with Crippen LogP contribution < -0.4 is 33.2 Å². The summed E-state index contributed by atoms with van der Waals surface area (Å²) in [6.45, 7) is 4.15. The van der Waals surface area contributed by atoms with E-state index in [4.69, 9.17) is 27.4 Å². The van der Waals surface area contributed by atoms with E-state index in [1.165, 1.54) is 6.92 Å². The zero-order valence-corrected chi connectivity index (χ0v) is 19.2. The molecule has 0 aliphatic rings. The predicted octanol–water partition coefficient (Wildman–Crippen LogP) is -3.67. The molecule has 0 aromatic rings. The molecule has 190 valence electrons. The Kier molecular flexibility index (Phi) is 13.6. The number of nitrogens with one attached hydrogen (secondary N) is 3. The number of aliphatic imine (C=N–C) groups is 1. The molecule has 0 heterocycles. The van der Waals surface area contributed by atoms with Gasteiger partial charge in [-0.15, -0.1) is 0 Å². The van der Waals surface area contributed by atoms with Crippen molar-refractivity contribution in [3.63, 3.8) is 0 Å². The molecule has 33 heavy (non-hydrogen) atoms. The lowest BCUT2D eigenvalue weighted by molar-refractivity contribution is -0.143. The minimum absolute atomic E-state index is 0.00101. The Balaban J connectivity index is 5.48. The first-order chi connectivity index (χ1) is 15.3. The number of carboxylic acids is 1. The molecule has 0 rings (SSSR count). The molecule has 0 aromatic heterocycles. The average Bonchev–Trinajstić information content (AvgIpc) is 2.75. The minimum atomic E-state index is -1.59. The van der Waals surface area contributed by atoms with E-state index in [9.17, 15) is 24.3 Å². The summed E-state index contributed by atoms with van der Waals surface area (Å²) in [4.78, 5) is 52.6. The van der Waals surface area contributed by atoms with Gasteiger partial charge >= 0.3 is 5.97 Å². The van der Waals surface area contributed by atoms with E-state index in [1.807, 2.05) is 6.92 Å². The molecule has 3 amide bonds. The number of amides is 3. The second-order valence-electron chi connectivity index (χ2n) is 7.73. The van der Waals surface area contributed by atoms with Gasteiger partial charge in [-0.1, -0.05) is 20.3 Å². The molecule has 0 radical (unpaired) electrons. The van der Waals surface area contributed by atoms with E-state index in [0.717, 1.165) is 0 Å². The van der Waals surface area contributed by atoms with Gasteiger partial charge in [0.15, 0.2) is 5.96 Å². The SMILES string of the molecule is CCC(C)C(N)C(=O)NC(C(=O)NC(CCCN=C(N)N)C(=O)NC(CO)C(=O)O)C(C)O. The largest absolute Gasteiger partial charge is 0.480 e. The number of hydrogen-bond donors (Lipinski definition) is 9. The monoisotopic (exact) mass is 475 g/mol. The smallest absolute Gasteiger partial charge is 0.328 e. The zero-order chi connectivity index (χ0) is 25.7. The molecule has 0 fully saturated rings. The van der Waals surface area contributed by atoms with Crippen LogP contribution in [-0.2, 0) is 19.2 Å². The van der Waals surface area contributed by atoms with Crippen molar-refractivity contribution in [1.29, 1.82) is 0 Å². The summed E-state index contributed by atoms with van der Waals surface area (Å²) in [7, 11) is 0. The Labute approximate surface area is 192 Å². The van der Waals surface area contributed by atoms with Crippen LogP contribution in [-0.4, -0.2) is 88.4 Å². The molecule has 0 aliphatic carbocycles. The number of aliphatic hydroxyl groups excluding tert-OH is 2. The number of aliphatic hydroxyl groups is 2. The predicted molar refractivity (Wildman–Crippen MR) is 120 cm³/mol. The molecule has 0 saturated carbocycles. The van der Waals surface area contributed by atoms with Crippen LogP contribution in [0.5, 0.6) is 0 Å². The third-order valence-electron chi connectivity index (χ3n) is 5.00. The van der Waals surface area contributed by atoms with Gasteiger partial charge in [0.05, 0.1) is 18.8 Å². The Morgan fingerprint density at radius 3 is 2.00 bits per heavy atom. The van der Waals surface area contributed by atoms with Crippen LogP contribution in [0.25, 0.3) is 0 Å². The number of carboxylic acid groups (broad SMARTS) is 1. The lowest BCUT2D eigenvalue weighted by atomic mass is 9.98. The van der Waals surface area contributed by atoms with Crippen molar-refractivity contribution >= 4 is 29.7 Å². The number of nitrogens with zero attached hydrogens (tertiary/aromatic N) is 1. The van der Waals surface area contributed by atoms with E-state index < -0.39 is 60.6 Å². The highest BCUT2D eigenvalue weighted by molar-refractivity contribution is 5.94. The van der Waals surface area contributed by atoms with Crippen molar-refractivity contribution in [3.8, 4) is 0 Å². The first kappa shape index (κ1) is 30.0. The van der Waals surface area contributed by atoms with Crippen LogP contribution in [0.2, 0.25) is 0 Å². The summed E-state index contributed by atoms with van der Waals surface area (Å²) in [6.07, 6.45) is -0.475. The highest BCUT2D eigenvalue weighted by Gasteiger charge is 2.32. The third kappa shape index (κ3) is 10.9. The molecule has 6 unspecified atom stereocenters. The summed E-state index contributed by atoms with van der Waals surface area (Å²) >= 11 is 0. The maximum absolute atomic E-state index is 12.8. The molecule has 0 saturated heterocycles. The number of carbonyl (C=O) groups excluding carboxylic acids is 3. The second kappa shape index (κ2) is 15.0. The molecule has 0 spiro atoms. The summed E-state index contributed by atoms with van der Waals surface area (Å²) in [5.41, 5.74) is 16.4. The maximum Gasteiger partial charge on any atom is 0.328 e. The fraction of sp³-hybridized carbons (Fsp3) is 0.737. The van der Waals surface area contributed by atoms with Gasteiger partial charge in [-0.2, -0.15) is 0 Å². The Bertz CT molecular complexity index is 698. The van der Waals surface area contributed by atoms with Crippen molar-refractivity contribution in [3.05, 3.63) is 0 Å². The summed E-state index contributed by atoms with van der Waals surface area (Å²) in [6, 6.07) is -5.19. The van der Waals surface area contributed by atoms with E-state index >= 15 is 0 Å². The molecule has 14 heteroatoms. The van der Waals surface area contributed by atoms with Gasteiger partial charge in [-0.25, -0.2) is 4.79 Å². The molecule has 12 N–H and O–H groups in total. The quantitative estimate of drug-likeness (QED) is 0.0636.